The number of hydrogen-bond donors (Lipinski definition) is 2. The lowest BCUT2D eigenvalue weighted by molar-refractivity contribution is -0.115. The van der Waals surface area contributed by atoms with Crippen molar-refractivity contribution in [1.29, 1.82) is 5.26 Å². The Morgan fingerprint density at radius 3 is 2.46 bits per heavy atom. The molecule has 2 rings (SSSR count). The molecule has 5 nitrogen and oxygen atoms in total. The summed E-state index contributed by atoms with van der Waals surface area (Å²) < 4.78 is 13.1. The van der Waals surface area contributed by atoms with Gasteiger partial charge in [0.15, 0.2) is 0 Å². The van der Waals surface area contributed by atoms with Crippen molar-refractivity contribution in [3.63, 3.8) is 0 Å². The zero-order valence-corrected chi connectivity index (χ0v) is 12.6. The van der Waals surface area contributed by atoms with E-state index in [1.54, 1.807) is 42.5 Å². The van der Waals surface area contributed by atoms with Crippen LogP contribution in [0.25, 0.3) is 6.08 Å². The van der Waals surface area contributed by atoms with Gasteiger partial charge in [0.1, 0.15) is 12.2 Å². The van der Waals surface area contributed by atoms with Crippen molar-refractivity contribution < 1.29 is 14.0 Å². The second-order valence-electron chi connectivity index (χ2n) is 4.81. The minimum atomic E-state index is -0.463. The van der Waals surface area contributed by atoms with E-state index < -0.39 is 11.8 Å². The fourth-order valence-corrected chi connectivity index (χ4v) is 1.92. The Labute approximate surface area is 138 Å². The van der Waals surface area contributed by atoms with Crippen LogP contribution >= 0.6 is 0 Å². The minimum Gasteiger partial charge on any atom is -0.323 e. The average molecular weight is 323 g/mol. The maximum Gasteiger partial charge on any atom is 0.248 e. The summed E-state index contributed by atoms with van der Waals surface area (Å²) in [6, 6.07) is 14.2. The Morgan fingerprint density at radius 1 is 1.08 bits per heavy atom. The van der Waals surface area contributed by atoms with Gasteiger partial charge in [-0.05, 0) is 35.9 Å². The first kappa shape index (κ1) is 16.9. The predicted octanol–water partition coefficient (Wildman–Crippen LogP) is 3.33. The average Bonchev–Trinajstić information content (AvgIpc) is 2.55. The van der Waals surface area contributed by atoms with E-state index in [1.165, 1.54) is 24.3 Å². The predicted molar refractivity (Wildman–Crippen MR) is 89.4 cm³/mol. The quantitative estimate of drug-likeness (QED) is 0.828. The molecule has 0 fully saturated rings. The lowest BCUT2D eigenvalue weighted by Crippen LogP contribution is -2.14. The van der Waals surface area contributed by atoms with Crippen LogP contribution in [-0.4, -0.2) is 11.8 Å². The van der Waals surface area contributed by atoms with Gasteiger partial charge in [0.2, 0.25) is 11.8 Å². The number of carbonyl (C=O) groups excluding carboxylic acids is 2. The number of nitrogens with one attached hydrogen (secondary N) is 2. The molecule has 0 aliphatic rings. The monoisotopic (exact) mass is 323 g/mol. The molecule has 2 N–H and O–H groups in total. The van der Waals surface area contributed by atoms with Crippen LogP contribution < -0.4 is 10.6 Å². The zero-order chi connectivity index (χ0) is 17.4. The van der Waals surface area contributed by atoms with Crippen molar-refractivity contribution in [2.24, 2.45) is 0 Å². The Morgan fingerprint density at radius 2 is 1.79 bits per heavy atom. The molecule has 0 saturated carbocycles. The highest BCUT2D eigenvalue weighted by atomic mass is 19.1. The summed E-state index contributed by atoms with van der Waals surface area (Å²) >= 11 is 0. The number of rotatable bonds is 5. The molecule has 0 aliphatic carbocycles. The number of halogens is 1. The van der Waals surface area contributed by atoms with Crippen LogP contribution in [0.15, 0.2) is 54.6 Å². The smallest absolute Gasteiger partial charge is 0.248 e. The third-order valence-corrected chi connectivity index (χ3v) is 2.97. The number of nitrogens with zero attached hydrogens (tertiary/aromatic N) is 1. The first-order chi connectivity index (χ1) is 11.6. The molecular weight excluding hydrogens is 309 g/mol. The van der Waals surface area contributed by atoms with Crippen LogP contribution in [0, 0.1) is 17.1 Å². The van der Waals surface area contributed by atoms with E-state index in [2.05, 4.69) is 10.6 Å². The number of para-hydroxylation sites is 2. The summed E-state index contributed by atoms with van der Waals surface area (Å²) in [5.74, 6) is -1.28. The molecule has 0 unspecified atom stereocenters. The van der Waals surface area contributed by atoms with E-state index >= 15 is 0 Å². The molecule has 2 aromatic rings. The molecule has 120 valence electrons. The second-order valence-corrected chi connectivity index (χ2v) is 4.81. The standard InChI is InChI=1S/C18H14FN3O2/c19-14-5-3-4-13(12-14)8-9-17(23)21-15-6-1-2-7-16(15)22-18(24)10-11-20/h1-9,12H,10H2,(H,21,23)(H,22,24)/b9-8+. The highest BCUT2D eigenvalue weighted by molar-refractivity contribution is 6.05. The van der Waals surface area contributed by atoms with Crippen molar-refractivity contribution in [2.75, 3.05) is 10.6 Å². The van der Waals surface area contributed by atoms with Gasteiger partial charge in [-0.3, -0.25) is 9.59 Å². The first-order valence-corrected chi connectivity index (χ1v) is 7.09. The third kappa shape index (κ3) is 5.07. The molecule has 0 aliphatic heterocycles. The lowest BCUT2D eigenvalue weighted by atomic mass is 10.2. The van der Waals surface area contributed by atoms with Gasteiger partial charge in [-0.2, -0.15) is 5.26 Å². The van der Waals surface area contributed by atoms with E-state index in [4.69, 9.17) is 5.26 Å². The van der Waals surface area contributed by atoms with Crippen molar-refractivity contribution in [1.82, 2.24) is 0 Å². The summed E-state index contributed by atoms with van der Waals surface area (Å²) in [5, 5.41) is 13.7. The number of amides is 2. The molecule has 6 heteroatoms. The maximum atomic E-state index is 13.1. The number of benzene rings is 2. The number of carbonyl (C=O) groups is 2. The van der Waals surface area contributed by atoms with E-state index in [0.717, 1.165) is 0 Å². The van der Waals surface area contributed by atoms with Crippen LogP contribution in [-0.2, 0) is 9.59 Å². The molecule has 2 aromatic carbocycles. The highest BCUT2D eigenvalue weighted by Gasteiger charge is 2.07. The molecule has 0 bridgehead atoms. The maximum absolute atomic E-state index is 13.1. The lowest BCUT2D eigenvalue weighted by Gasteiger charge is -2.10. The van der Waals surface area contributed by atoms with Crippen LogP contribution in [0.3, 0.4) is 0 Å². The minimum absolute atomic E-state index is 0.276. The molecule has 2 amide bonds. The molecule has 0 spiro atoms. The Bertz CT molecular complexity index is 825. The van der Waals surface area contributed by atoms with Crippen molar-refractivity contribution in [2.45, 2.75) is 6.42 Å². The van der Waals surface area contributed by atoms with Crippen LogP contribution in [0.1, 0.15) is 12.0 Å². The van der Waals surface area contributed by atoms with E-state index in [-0.39, 0.29) is 12.2 Å². The largest absolute Gasteiger partial charge is 0.323 e. The van der Waals surface area contributed by atoms with Gasteiger partial charge < -0.3 is 10.6 Å². The molecule has 0 atom stereocenters. The van der Waals surface area contributed by atoms with Crippen LogP contribution in [0.4, 0.5) is 15.8 Å². The Hall–Kier alpha value is -3.46. The van der Waals surface area contributed by atoms with Crippen molar-refractivity contribution in [3.05, 3.63) is 66.0 Å². The van der Waals surface area contributed by atoms with Crippen LogP contribution in [0.5, 0.6) is 0 Å². The topological polar surface area (TPSA) is 82.0 Å². The molecular formula is C18H14FN3O2. The van der Waals surface area contributed by atoms with Crippen molar-refractivity contribution in [3.8, 4) is 6.07 Å². The third-order valence-electron chi connectivity index (χ3n) is 2.97. The SMILES string of the molecule is N#CCC(=O)Nc1ccccc1NC(=O)/C=C/c1cccc(F)c1. The van der Waals surface area contributed by atoms with Gasteiger partial charge >= 0.3 is 0 Å². The summed E-state index contributed by atoms with van der Waals surface area (Å²) in [7, 11) is 0. The number of nitriles is 1. The summed E-state index contributed by atoms with van der Waals surface area (Å²) in [5.41, 5.74) is 1.35. The summed E-state index contributed by atoms with van der Waals surface area (Å²) in [4.78, 5) is 23.5. The molecule has 0 radical (unpaired) electrons. The Balaban J connectivity index is 2.06. The van der Waals surface area contributed by atoms with Gasteiger partial charge in [-0.15, -0.1) is 0 Å². The molecule has 0 aromatic heterocycles. The highest BCUT2D eigenvalue weighted by Crippen LogP contribution is 2.21. The zero-order valence-electron chi connectivity index (χ0n) is 12.6. The fourth-order valence-electron chi connectivity index (χ4n) is 1.92. The van der Waals surface area contributed by atoms with Crippen molar-refractivity contribution >= 4 is 29.3 Å². The molecule has 24 heavy (non-hydrogen) atoms. The van der Waals surface area contributed by atoms with Gasteiger partial charge in [-0.25, -0.2) is 4.39 Å². The van der Waals surface area contributed by atoms with Gasteiger partial charge in [0.25, 0.3) is 0 Å². The van der Waals surface area contributed by atoms with E-state index in [1.807, 2.05) is 0 Å². The normalized spacial score (nSPS) is 10.2. The van der Waals surface area contributed by atoms with E-state index in [0.29, 0.717) is 16.9 Å². The second kappa shape index (κ2) is 8.25. The number of hydrogen-bond acceptors (Lipinski definition) is 3. The van der Waals surface area contributed by atoms with Crippen LogP contribution in [0.2, 0.25) is 0 Å². The van der Waals surface area contributed by atoms with Gasteiger partial charge in [-0.1, -0.05) is 24.3 Å². The molecule has 0 saturated heterocycles. The summed E-state index contributed by atoms with van der Waals surface area (Å²) in [6.45, 7) is 0. The van der Waals surface area contributed by atoms with E-state index in [9.17, 15) is 14.0 Å². The van der Waals surface area contributed by atoms with Gasteiger partial charge in [0.05, 0.1) is 17.4 Å². The number of anilines is 2. The fraction of sp³-hybridized carbons (Fsp3) is 0.0556. The molecule has 0 heterocycles. The summed E-state index contributed by atoms with van der Waals surface area (Å²) in [6.07, 6.45) is 2.47. The first-order valence-electron chi connectivity index (χ1n) is 7.09. The van der Waals surface area contributed by atoms with Gasteiger partial charge in [0, 0.05) is 6.08 Å². The Kier molecular flexibility index (Phi) is 5.81.